The van der Waals surface area contributed by atoms with Crippen molar-refractivity contribution in [3.05, 3.63) is 22.4 Å². The number of hydrogen-bond acceptors (Lipinski definition) is 4. The van der Waals surface area contributed by atoms with Crippen LogP contribution in [0.2, 0.25) is 0 Å². The van der Waals surface area contributed by atoms with Gasteiger partial charge in [-0.1, -0.05) is 13.0 Å². The van der Waals surface area contributed by atoms with E-state index in [4.69, 9.17) is 0 Å². The normalized spacial score (nSPS) is 31.8. The number of rotatable bonds is 5. The molecule has 0 aromatic carbocycles. The Balaban J connectivity index is 1.36. The summed E-state index contributed by atoms with van der Waals surface area (Å²) in [6.45, 7) is 10.7. The first-order chi connectivity index (χ1) is 11.7. The minimum atomic E-state index is -0.109. The van der Waals surface area contributed by atoms with Crippen LogP contribution in [0.3, 0.4) is 0 Å². The summed E-state index contributed by atoms with van der Waals surface area (Å²) in [7, 11) is 0. The Kier molecular flexibility index (Phi) is 4.67. The lowest BCUT2D eigenvalue weighted by atomic mass is 9.78. The fraction of sp³-hybridized carbons (Fsp3) is 0.737. The van der Waals surface area contributed by atoms with Gasteiger partial charge in [-0.25, -0.2) is 0 Å². The van der Waals surface area contributed by atoms with Gasteiger partial charge in [0.15, 0.2) is 0 Å². The van der Waals surface area contributed by atoms with Gasteiger partial charge in [-0.3, -0.25) is 9.69 Å². The highest BCUT2D eigenvalue weighted by molar-refractivity contribution is 7.09. The molecule has 1 aromatic rings. The SMILES string of the molecule is C[C@@H]1CN(Cc2cccs2)C[C@]12CCN(CCN1CCCC1)C2=O. The highest BCUT2D eigenvalue weighted by Gasteiger charge is 2.54. The monoisotopic (exact) mass is 347 g/mol. The summed E-state index contributed by atoms with van der Waals surface area (Å²) in [6.07, 6.45) is 3.70. The average Bonchev–Trinajstić information content (AvgIpc) is 3.32. The third kappa shape index (κ3) is 3.02. The topological polar surface area (TPSA) is 26.8 Å². The van der Waals surface area contributed by atoms with Gasteiger partial charge >= 0.3 is 0 Å². The smallest absolute Gasteiger partial charge is 0.230 e. The van der Waals surface area contributed by atoms with Crippen molar-refractivity contribution in [1.82, 2.24) is 14.7 Å². The van der Waals surface area contributed by atoms with Gasteiger partial charge < -0.3 is 9.80 Å². The second kappa shape index (κ2) is 6.77. The maximum atomic E-state index is 13.2. The molecule has 1 spiro atoms. The summed E-state index contributed by atoms with van der Waals surface area (Å²) in [5.41, 5.74) is -0.109. The molecule has 0 aliphatic carbocycles. The molecule has 24 heavy (non-hydrogen) atoms. The Morgan fingerprint density at radius 1 is 1.21 bits per heavy atom. The molecule has 0 bridgehead atoms. The molecule has 2 atom stereocenters. The van der Waals surface area contributed by atoms with Gasteiger partial charge in [-0.15, -0.1) is 11.3 Å². The van der Waals surface area contributed by atoms with Gasteiger partial charge in [0.1, 0.15) is 0 Å². The molecule has 3 aliphatic rings. The van der Waals surface area contributed by atoms with E-state index in [1.54, 1.807) is 0 Å². The molecular formula is C19H29N3OS. The average molecular weight is 348 g/mol. The van der Waals surface area contributed by atoms with Crippen LogP contribution in [-0.2, 0) is 11.3 Å². The third-order valence-corrected chi connectivity index (χ3v) is 7.23. The van der Waals surface area contributed by atoms with Crippen molar-refractivity contribution in [2.24, 2.45) is 11.3 Å². The van der Waals surface area contributed by atoms with Gasteiger partial charge in [0.25, 0.3) is 0 Å². The summed E-state index contributed by atoms with van der Waals surface area (Å²) in [4.78, 5) is 21.8. The molecule has 3 saturated heterocycles. The summed E-state index contributed by atoms with van der Waals surface area (Å²) in [5.74, 6) is 0.907. The van der Waals surface area contributed by atoms with Crippen molar-refractivity contribution < 1.29 is 4.79 Å². The molecule has 4 rings (SSSR count). The molecule has 3 aliphatic heterocycles. The zero-order valence-corrected chi connectivity index (χ0v) is 15.6. The predicted molar refractivity (Wildman–Crippen MR) is 98.1 cm³/mol. The van der Waals surface area contributed by atoms with Crippen LogP contribution >= 0.6 is 11.3 Å². The van der Waals surface area contributed by atoms with E-state index in [0.717, 1.165) is 45.7 Å². The highest BCUT2D eigenvalue weighted by Crippen LogP contribution is 2.45. The molecule has 4 nitrogen and oxygen atoms in total. The molecular weight excluding hydrogens is 318 g/mol. The Hall–Kier alpha value is -0.910. The first kappa shape index (κ1) is 16.6. The van der Waals surface area contributed by atoms with E-state index in [1.165, 1.54) is 30.8 Å². The Morgan fingerprint density at radius 2 is 2.04 bits per heavy atom. The van der Waals surface area contributed by atoms with E-state index in [-0.39, 0.29) is 5.41 Å². The third-order valence-electron chi connectivity index (χ3n) is 6.37. The molecule has 1 aromatic heterocycles. The minimum absolute atomic E-state index is 0.109. The molecule has 0 saturated carbocycles. The Labute approximate surface area is 149 Å². The Bertz CT molecular complexity index is 569. The maximum absolute atomic E-state index is 13.2. The lowest BCUT2D eigenvalue weighted by molar-refractivity contribution is -0.137. The highest BCUT2D eigenvalue weighted by atomic mass is 32.1. The van der Waals surface area contributed by atoms with Gasteiger partial charge in [-0.05, 0) is 49.7 Å². The van der Waals surface area contributed by atoms with Crippen molar-refractivity contribution in [2.75, 3.05) is 45.8 Å². The van der Waals surface area contributed by atoms with Gasteiger partial charge in [0, 0.05) is 44.1 Å². The number of carbonyl (C=O) groups excluding carboxylic acids is 1. The number of carbonyl (C=O) groups is 1. The summed E-state index contributed by atoms with van der Waals surface area (Å²) in [5, 5.41) is 2.14. The minimum Gasteiger partial charge on any atom is -0.341 e. The quantitative estimate of drug-likeness (QED) is 0.819. The predicted octanol–water partition coefficient (Wildman–Crippen LogP) is 2.51. The van der Waals surface area contributed by atoms with Crippen LogP contribution in [-0.4, -0.2) is 66.4 Å². The van der Waals surface area contributed by atoms with Gasteiger partial charge in [-0.2, -0.15) is 0 Å². The van der Waals surface area contributed by atoms with Crippen LogP contribution in [0.25, 0.3) is 0 Å². The molecule has 0 radical (unpaired) electrons. The second-order valence-corrected chi connectivity index (χ2v) is 8.93. The Morgan fingerprint density at radius 3 is 2.79 bits per heavy atom. The van der Waals surface area contributed by atoms with Crippen molar-refractivity contribution in [1.29, 1.82) is 0 Å². The zero-order valence-electron chi connectivity index (χ0n) is 14.7. The van der Waals surface area contributed by atoms with E-state index in [2.05, 4.69) is 39.1 Å². The van der Waals surface area contributed by atoms with E-state index < -0.39 is 0 Å². The standard InChI is InChI=1S/C19H29N3OS/c1-16-13-21(14-17-5-4-12-24-17)15-19(16)6-9-22(18(19)23)11-10-20-7-2-3-8-20/h4-5,12,16H,2-3,6-11,13-15H2,1H3/t16-,19-/m1/s1. The molecule has 1 amide bonds. The molecule has 0 N–H and O–H groups in total. The van der Waals surface area contributed by atoms with Crippen LogP contribution in [0.15, 0.2) is 17.5 Å². The fourth-order valence-electron chi connectivity index (χ4n) is 4.87. The molecule has 3 fully saturated rings. The molecule has 0 unspecified atom stereocenters. The van der Waals surface area contributed by atoms with Crippen LogP contribution in [0.1, 0.15) is 31.1 Å². The van der Waals surface area contributed by atoms with E-state index >= 15 is 0 Å². The zero-order chi connectivity index (χ0) is 16.6. The number of thiophene rings is 1. The molecule has 132 valence electrons. The van der Waals surface area contributed by atoms with Crippen LogP contribution < -0.4 is 0 Å². The van der Waals surface area contributed by atoms with Crippen LogP contribution in [0.5, 0.6) is 0 Å². The lowest BCUT2D eigenvalue weighted by Gasteiger charge is -2.27. The van der Waals surface area contributed by atoms with E-state index in [9.17, 15) is 4.79 Å². The lowest BCUT2D eigenvalue weighted by Crippen LogP contribution is -2.42. The van der Waals surface area contributed by atoms with Crippen molar-refractivity contribution in [3.63, 3.8) is 0 Å². The second-order valence-electron chi connectivity index (χ2n) is 7.90. The van der Waals surface area contributed by atoms with Crippen molar-refractivity contribution in [2.45, 2.75) is 32.7 Å². The van der Waals surface area contributed by atoms with Gasteiger partial charge in [0.05, 0.1) is 5.41 Å². The number of nitrogens with zero attached hydrogens (tertiary/aromatic N) is 3. The van der Waals surface area contributed by atoms with E-state index in [0.29, 0.717) is 11.8 Å². The van der Waals surface area contributed by atoms with Crippen LogP contribution in [0, 0.1) is 11.3 Å². The number of likely N-dealkylation sites (tertiary alicyclic amines) is 3. The number of hydrogen-bond donors (Lipinski definition) is 0. The fourth-order valence-corrected chi connectivity index (χ4v) is 5.61. The summed E-state index contributed by atoms with van der Waals surface area (Å²) >= 11 is 1.82. The first-order valence-corrected chi connectivity index (χ1v) is 10.3. The largest absolute Gasteiger partial charge is 0.341 e. The summed E-state index contributed by atoms with van der Waals surface area (Å²) < 4.78 is 0. The molecule has 4 heterocycles. The first-order valence-electron chi connectivity index (χ1n) is 9.44. The maximum Gasteiger partial charge on any atom is 0.230 e. The molecule has 5 heteroatoms. The van der Waals surface area contributed by atoms with Crippen molar-refractivity contribution >= 4 is 17.2 Å². The van der Waals surface area contributed by atoms with Gasteiger partial charge in [0.2, 0.25) is 5.91 Å². The van der Waals surface area contributed by atoms with Crippen molar-refractivity contribution in [3.8, 4) is 0 Å². The summed E-state index contributed by atoms with van der Waals surface area (Å²) in [6, 6.07) is 4.33. The van der Waals surface area contributed by atoms with Crippen LogP contribution in [0.4, 0.5) is 0 Å². The van der Waals surface area contributed by atoms with E-state index in [1.807, 2.05) is 11.3 Å². The number of amides is 1.